The van der Waals surface area contributed by atoms with Crippen LogP contribution in [0.1, 0.15) is 85.0 Å². The van der Waals surface area contributed by atoms with E-state index in [2.05, 4.69) is 30.4 Å². The molecule has 0 aromatic heterocycles. The predicted molar refractivity (Wildman–Crippen MR) is 137 cm³/mol. The third-order valence-electron chi connectivity index (χ3n) is 10.4. The number of nitrogens with one attached hydrogen (secondary N) is 1. The van der Waals surface area contributed by atoms with Crippen LogP contribution in [0.2, 0.25) is 0 Å². The summed E-state index contributed by atoms with van der Waals surface area (Å²) in [5, 5.41) is 35.7. The van der Waals surface area contributed by atoms with E-state index in [9.17, 15) is 29.4 Å². The van der Waals surface area contributed by atoms with Crippen LogP contribution in [0.5, 0.6) is 0 Å². The van der Waals surface area contributed by atoms with Gasteiger partial charge in [-0.25, -0.2) is 4.79 Å². The Morgan fingerprint density at radius 1 is 1.08 bits per heavy atom. The van der Waals surface area contributed by atoms with Gasteiger partial charge in [0.25, 0.3) is 5.91 Å². The molecule has 0 aromatic carbocycles. The number of carboxylic acid groups (broad SMARTS) is 2. The Kier molecular flexibility index (Phi) is 7.76. The molecule has 4 aliphatic rings. The molecule has 0 heterocycles. The Balaban J connectivity index is 1.38. The number of allylic oxidation sites excluding steroid dienone is 2. The second-order valence-electron chi connectivity index (χ2n) is 12.2. The van der Waals surface area contributed by atoms with E-state index < -0.39 is 36.1 Å². The number of aliphatic hydroxyl groups is 1. The fourth-order valence-corrected chi connectivity index (χ4v) is 8.17. The summed E-state index contributed by atoms with van der Waals surface area (Å²) in [6.45, 7) is 5.53. The molecule has 0 saturated heterocycles. The van der Waals surface area contributed by atoms with Crippen LogP contribution in [0.25, 0.3) is 0 Å². The van der Waals surface area contributed by atoms with Crippen LogP contribution in [0.3, 0.4) is 0 Å². The van der Waals surface area contributed by atoms with Crippen molar-refractivity contribution in [3.05, 3.63) is 11.6 Å². The molecular weight excluding hydrogens is 492 g/mol. The Labute approximate surface area is 222 Å². The van der Waals surface area contributed by atoms with E-state index in [1.54, 1.807) is 0 Å². The number of rotatable bonds is 9. The lowest BCUT2D eigenvalue weighted by Crippen LogP contribution is -2.57. The van der Waals surface area contributed by atoms with Crippen molar-refractivity contribution >= 4 is 29.3 Å². The minimum absolute atomic E-state index is 0.0242. The number of nitrogens with zero attached hydrogens (tertiary/aromatic N) is 1. The van der Waals surface area contributed by atoms with Gasteiger partial charge in [-0.1, -0.05) is 24.6 Å². The molecule has 0 bridgehead atoms. The van der Waals surface area contributed by atoms with Crippen molar-refractivity contribution in [1.29, 1.82) is 0 Å². The van der Waals surface area contributed by atoms with E-state index >= 15 is 0 Å². The third-order valence-corrected chi connectivity index (χ3v) is 10.4. The normalized spacial score (nSPS) is 37.7. The Hall–Kier alpha value is -2.75. The Morgan fingerprint density at radius 3 is 2.45 bits per heavy atom. The maximum Gasteiger partial charge on any atom is 0.326 e. The molecule has 3 saturated carbocycles. The average Bonchev–Trinajstić information content (AvgIpc) is 3.13. The first kappa shape index (κ1) is 28.3. The van der Waals surface area contributed by atoms with E-state index in [4.69, 9.17) is 9.94 Å². The summed E-state index contributed by atoms with van der Waals surface area (Å²) in [4.78, 5) is 51.7. The molecule has 0 radical (unpaired) electrons. The topological polar surface area (TPSA) is 163 Å². The predicted octanol–water partition coefficient (Wildman–Crippen LogP) is 3.08. The fourth-order valence-electron chi connectivity index (χ4n) is 8.17. The summed E-state index contributed by atoms with van der Waals surface area (Å²) in [6.07, 6.45) is 8.32. The lowest BCUT2D eigenvalue weighted by Gasteiger charge is -2.59. The molecule has 10 heteroatoms. The van der Waals surface area contributed by atoms with E-state index in [1.807, 2.05) is 0 Å². The van der Waals surface area contributed by atoms with Crippen LogP contribution in [0, 0.1) is 28.6 Å². The van der Waals surface area contributed by atoms with Crippen LogP contribution in [-0.4, -0.2) is 62.9 Å². The van der Waals surface area contributed by atoms with Gasteiger partial charge in [0, 0.05) is 11.8 Å². The molecule has 0 aromatic rings. The highest BCUT2D eigenvalue weighted by molar-refractivity contribution is 5.96. The van der Waals surface area contributed by atoms with Crippen molar-refractivity contribution in [2.45, 2.75) is 96.6 Å². The van der Waals surface area contributed by atoms with Gasteiger partial charge in [0.1, 0.15) is 11.6 Å². The van der Waals surface area contributed by atoms with Gasteiger partial charge in [0.15, 0.2) is 12.4 Å². The minimum atomic E-state index is -1.30. The van der Waals surface area contributed by atoms with Gasteiger partial charge in [-0.15, -0.1) is 0 Å². The van der Waals surface area contributed by atoms with E-state index in [-0.39, 0.29) is 29.5 Å². The van der Waals surface area contributed by atoms with Gasteiger partial charge in [-0.05, 0) is 94.0 Å². The number of ketones is 1. The number of carbonyl (C=O) groups is 4. The van der Waals surface area contributed by atoms with Crippen molar-refractivity contribution < 1.29 is 39.3 Å². The Morgan fingerprint density at radius 2 is 1.79 bits per heavy atom. The third kappa shape index (κ3) is 4.87. The first-order valence-corrected chi connectivity index (χ1v) is 13.7. The van der Waals surface area contributed by atoms with Crippen molar-refractivity contribution in [3.8, 4) is 0 Å². The molecular formula is C28H40N2O8. The summed E-state index contributed by atoms with van der Waals surface area (Å²) in [6, 6.07) is -1.30. The minimum Gasteiger partial charge on any atom is -0.481 e. The fraction of sp³-hybridized carbons (Fsp3) is 0.750. The zero-order chi connectivity index (χ0) is 27.9. The van der Waals surface area contributed by atoms with Crippen LogP contribution < -0.4 is 5.32 Å². The summed E-state index contributed by atoms with van der Waals surface area (Å²) >= 11 is 0. The molecule has 3 fully saturated rings. The molecule has 0 aliphatic heterocycles. The molecule has 1 amide bonds. The molecule has 0 spiro atoms. The van der Waals surface area contributed by atoms with Crippen LogP contribution >= 0.6 is 0 Å². The van der Waals surface area contributed by atoms with Crippen molar-refractivity contribution in [3.63, 3.8) is 0 Å². The van der Waals surface area contributed by atoms with Gasteiger partial charge in [-0.3, -0.25) is 14.4 Å². The quantitative estimate of drug-likeness (QED) is 0.329. The van der Waals surface area contributed by atoms with Crippen LogP contribution in [0.15, 0.2) is 16.8 Å². The number of amides is 1. The van der Waals surface area contributed by atoms with Gasteiger partial charge in [0.2, 0.25) is 0 Å². The summed E-state index contributed by atoms with van der Waals surface area (Å²) in [5.41, 5.74) is 0.532. The molecule has 4 N–H and O–H groups in total. The number of hydrogen-bond donors (Lipinski definition) is 4. The molecule has 4 rings (SSSR count). The lowest BCUT2D eigenvalue weighted by molar-refractivity contribution is -0.159. The lowest BCUT2D eigenvalue weighted by atomic mass is 9.46. The SMILES string of the molecule is CC(=O)[C@@]1(O)CC[C@H]2[C@@H]3CCC4=CC(=NOCC(=O)N[C@H](CCC(=O)O)C(=O)O)CC[C@]4(C)[C@H]3CC[C@@]21C. The van der Waals surface area contributed by atoms with E-state index in [1.165, 1.54) is 12.5 Å². The van der Waals surface area contributed by atoms with Crippen molar-refractivity contribution in [2.24, 2.45) is 33.7 Å². The van der Waals surface area contributed by atoms with Gasteiger partial charge >= 0.3 is 11.9 Å². The second kappa shape index (κ2) is 10.4. The Bertz CT molecular complexity index is 1070. The van der Waals surface area contributed by atoms with Gasteiger partial charge < -0.3 is 25.5 Å². The largest absolute Gasteiger partial charge is 0.481 e. The number of Topliss-reactive ketones (excluding diaryl/α,β-unsaturated/α-hetero) is 1. The van der Waals surface area contributed by atoms with Gasteiger partial charge in [0.05, 0.1) is 5.71 Å². The van der Waals surface area contributed by atoms with E-state index in [0.29, 0.717) is 30.6 Å². The number of carboxylic acids is 2. The van der Waals surface area contributed by atoms with Crippen LogP contribution in [-0.2, 0) is 24.0 Å². The summed E-state index contributed by atoms with van der Waals surface area (Å²) < 4.78 is 0. The highest BCUT2D eigenvalue weighted by Gasteiger charge is 2.65. The summed E-state index contributed by atoms with van der Waals surface area (Å²) in [5.74, 6) is -1.90. The number of oxime groups is 1. The molecule has 0 unspecified atom stereocenters. The molecule has 10 nitrogen and oxygen atoms in total. The number of carbonyl (C=O) groups excluding carboxylic acids is 2. The zero-order valence-electron chi connectivity index (χ0n) is 22.5. The number of hydrogen-bond acceptors (Lipinski definition) is 7. The number of aliphatic carboxylic acids is 2. The summed E-state index contributed by atoms with van der Waals surface area (Å²) in [7, 11) is 0. The smallest absolute Gasteiger partial charge is 0.326 e. The second-order valence-corrected chi connectivity index (χ2v) is 12.2. The van der Waals surface area contributed by atoms with Gasteiger partial charge in [-0.2, -0.15) is 0 Å². The molecule has 4 aliphatic carbocycles. The monoisotopic (exact) mass is 532 g/mol. The highest BCUT2D eigenvalue weighted by atomic mass is 16.6. The first-order valence-electron chi connectivity index (χ1n) is 13.7. The highest BCUT2D eigenvalue weighted by Crippen LogP contribution is 2.67. The molecule has 7 atom stereocenters. The maximum atomic E-state index is 12.4. The van der Waals surface area contributed by atoms with Crippen molar-refractivity contribution in [2.75, 3.05) is 6.61 Å². The first-order chi connectivity index (χ1) is 17.8. The average molecular weight is 533 g/mol. The zero-order valence-corrected chi connectivity index (χ0v) is 22.5. The maximum absolute atomic E-state index is 12.4. The molecule has 38 heavy (non-hydrogen) atoms. The standard InChI is InChI=1S/C28H40N2O8/c1-16(31)28(37)13-10-21-19-5-4-17-14-18(8-11-26(17,2)20(19)9-12-27(21,28)3)30-38-15-23(32)29-22(25(35)36)6-7-24(33)34/h14,19-22,37H,4-13,15H2,1-3H3,(H,29,32)(H,33,34)(H,35,36)/t19-,20+,21+,22-,26+,27+,28+/m1/s1. The number of fused-ring (bicyclic) bond motifs is 5. The molecule has 210 valence electrons. The van der Waals surface area contributed by atoms with Crippen molar-refractivity contribution in [1.82, 2.24) is 5.32 Å². The van der Waals surface area contributed by atoms with Crippen LogP contribution in [0.4, 0.5) is 0 Å². The van der Waals surface area contributed by atoms with E-state index in [0.717, 1.165) is 44.2 Å².